The number of benzene rings is 7. The third-order valence-corrected chi connectivity index (χ3v) is 11.5. The molecule has 1 aliphatic rings. The highest BCUT2D eigenvalue weighted by atomic mass is 32.1. The summed E-state index contributed by atoms with van der Waals surface area (Å²) in [6, 6.07) is 60.8. The van der Waals surface area contributed by atoms with Crippen LogP contribution in [0.5, 0.6) is 0 Å². The summed E-state index contributed by atoms with van der Waals surface area (Å²) in [6.45, 7) is 10.8. The van der Waals surface area contributed by atoms with E-state index in [0.717, 1.165) is 29.9 Å². The molecule has 1 aliphatic carbocycles. The Morgan fingerprint density at radius 1 is 0.482 bits per heavy atom. The Morgan fingerprint density at radius 2 is 0.964 bits per heavy atom. The molecule has 0 N–H and O–H groups in total. The van der Waals surface area contributed by atoms with Crippen LogP contribution in [-0.2, 0) is 6.42 Å². The Labute approximate surface area is 338 Å². The van der Waals surface area contributed by atoms with E-state index in [1.54, 1.807) is 0 Å². The average Bonchev–Trinajstić information content (AvgIpc) is 3.60. The van der Waals surface area contributed by atoms with E-state index in [4.69, 9.17) is 0 Å². The minimum absolute atomic E-state index is 1.14. The van der Waals surface area contributed by atoms with Crippen molar-refractivity contribution in [3.63, 3.8) is 0 Å². The largest absolute Gasteiger partial charge is 0.311 e. The van der Waals surface area contributed by atoms with E-state index in [1.807, 2.05) is 11.3 Å². The number of allylic oxidation sites excluding steroid dienone is 1. The van der Waals surface area contributed by atoms with Crippen molar-refractivity contribution in [2.24, 2.45) is 0 Å². The molecule has 0 fully saturated rings. The number of nitrogens with zero attached hydrogens (tertiary/aromatic N) is 1. The molecule has 0 unspecified atom stereocenters. The van der Waals surface area contributed by atoms with E-state index in [1.165, 1.54) is 77.0 Å². The zero-order chi connectivity index (χ0) is 38.9. The van der Waals surface area contributed by atoms with Crippen LogP contribution >= 0.6 is 11.3 Å². The fourth-order valence-corrected chi connectivity index (χ4v) is 8.64. The highest BCUT2D eigenvalue weighted by molar-refractivity contribution is 7.19. The third kappa shape index (κ3) is 8.62. The molecule has 56 heavy (non-hydrogen) atoms. The molecule has 0 spiro atoms. The monoisotopic (exact) mass is 745 g/mol. The lowest BCUT2D eigenvalue weighted by molar-refractivity contribution is 1.02. The summed E-state index contributed by atoms with van der Waals surface area (Å²) >= 11 is 1.96. The zero-order valence-corrected chi connectivity index (χ0v) is 34.1. The van der Waals surface area contributed by atoms with Crippen molar-refractivity contribution in [1.29, 1.82) is 0 Å². The smallest absolute Gasteiger partial charge is 0.0462 e. The van der Waals surface area contributed by atoms with Gasteiger partial charge in [-0.05, 0) is 138 Å². The topological polar surface area (TPSA) is 3.24 Å². The van der Waals surface area contributed by atoms with Gasteiger partial charge in [-0.25, -0.2) is 0 Å². The van der Waals surface area contributed by atoms with Crippen LogP contribution in [0.3, 0.4) is 0 Å². The first-order valence-electron chi connectivity index (χ1n) is 19.9. The van der Waals surface area contributed by atoms with E-state index < -0.39 is 0 Å². The molecule has 1 heterocycles. The zero-order valence-electron chi connectivity index (χ0n) is 33.3. The quantitative estimate of drug-likeness (QED) is 0.164. The molecule has 0 aliphatic heterocycles. The van der Waals surface area contributed by atoms with Gasteiger partial charge >= 0.3 is 0 Å². The molecule has 0 atom stereocenters. The second-order valence-electron chi connectivity index (χ2n) is 14.5. The van der Waals surface area contributed by atoms with Crippen LogP contribution < -0.4 is 4.90 Å². The molecule has 0 radical (unpaired) electrons. The summed E-state index contributed by atoms with van der Waals surface area (Å²) in [7, 11) is 0. The Morgan fingerprint density at radius 3 is 1.54 bits per heavy atom. The van der Waals surface area contributed by atoms with Crippen LogP contribution in [0.2, 0.25) is 0 Å². The minimum atomic E-state index is 1.14. The number of anilines is 3. The van der Waals surface area contributed by atoms with Crippen molar-refractivity contribution < 1.29 is 0 Å². The first kappa shape index (κ1) is 38.3. The summed E-state index contributed by atoms with van der Waals surface area (Å²) in [5, 5.41) is 1.40. The van der Waals surface area contributed by atoms with Crippen molar-refractivity contribution >= 4 is 44.6 Å². The molecule has 8 aromatic rings. The van der Waals surface area contributed by atoms with Crippen LogP contribution in [0.15, 0.2) is 176 Å². The van der Waals surface area contributed by atoms with Crippen LogP contribution in [0.25, 0.3) is 49.5 Å². The van der Waals surface area contributed by atoms with Crippen LogP contribution in [0.4, 0.5) is 17.1 Å². The fourth-order valence-electron chi connectivity index (χ4n) is 7.41. The molecule has 0 bridgehead atoms. The van der Waals surface area contributed by atoms with Gasteiger partial charge in [0, 0.05) is 32.0 Å². The summed E-state index contributed by atoms with van der Waals surface area (Å²) in [6.07, 6.45) is 8.19. The highest BCUT2D eigenvalue weighted by Gasteiger charge is 2.16. The lowest BCUT2D eigenvalue weighted by Gasteiger charge is -2.26. The molecule has 0 saturated heterocycles. The number of hydrogen-bond donors (Lipinski definition) is 0. The maximum Gasteiger partial charge on any atom is 0.0462 e. The van der Waals surface area contributed by atoms with Gasteiger partial charge in [-0.2, -0.15) is 0 Å². The van der Waals surface area contributed by atoms with Gasteiger partial charge in [-0.1, -0.05) is 154 Å². The molecule has 1 aromatic heterocycles. The molecule has 2 heteroatoms. The third-order valence-electron chi connectivity index (χ3n) is 10.2. The number of hydrogen-bond acceptors (Lipinski definition) is 2. The van der Waals surface area contributed by atoms with E-state index >= 15 is 0 Å². The van der Waals surface area contributed by atoms with E-state index in [-0.39, 0.29) is 0 Å². The van der Waals surface area contributed by atoms with E-state index in [0.29, 0.717) is 0 Å². The Balaban J connectivity index is 0.000000236. The maximum atomic E-state index is 2.40. The Kier molecular flexibility index (Phi) is 12.4. The van der Waals surface area contributed by atoms with Crippen molar-refractivity contribution in [3.8, 4) is 33.4 Å². The van der Waals surface area contributed by atoms with E-state index in [9.17, 15) is 0 Å². The highest BCUT2D eigenvalue weighted by Crippen LogP contribution is 2.41. The second-order valence-corrected chi connectivity index (χ2v) is 15.6. The molecular formula is C54H51NS. The van der Waals surface area contributed by atoms with Gasteiger partial charge in [0.05, 0.1) is 0 Å². The van der Waals surface area contributed by atoms with Gasteiger partial charge in [0.1, 0.15) is 0 Å². The molecule has 9 rings (SSSR count). The van der Waals surface area contributed by atoms with Crippen molar-refractivity contribution in [3.05, 3.63) is 203 Å². The number of fused-ring (bicyclic) bond motifs is 3. The molecule has 0 saturated carbocycles. The predicted molar refractivity (Wildman–Crippen MR) is 247 cm³/mol. The van der Waals surface area contributed by atoms with Crippen LogP contribution in [-0.4, -0.2) is 0 Å². The first-order chi connectivity index (χ1) is 27.4. The molecule has 7 aromatic carbocycles. The van der Waals surface area contributed by atoms with E-state index in [2.05, 4.69) is 222 Å². The minimum Gasteiger partial charge on any atom is -0.311 e. The number of aryl methyl sites for hydroxylation is 4. The van der Waals surface area contributed by atoms with Gasteiger partial charge in [0.15, 0.2) is 0 Å². The van der Waals surface area contributed by atoms with Crippen molar-refractivity contribution in [2.75, 3.05) is 4.90 Å². The standard InChI is InChI=1S/C37H29NS.C14H14.C3H8/c1-26-24-35-33-14-8-9-15-36(33)39-37(35)25-34(26)29-18-22-32(23-19-29)38(30-12-6-3-7-13-30)31-20-16-28(17-21-31)27-10-4-2-5-11-27;1-11-7-3-5-9-13(11)14-10-6-4-8-12(14)2;1-3-2/h2-8,10-14,16-25H,9,15H2,1H3;3-10H,1-2H3;3H2,1-2H3. The predicted octanol–water partition coefficient (Wildman–Crippen LogP) is 16.4. The summed E-state index contributed by atoms with van der Waals surface area (Å²) in [5.74, 6) is 0. The first-order valence-corrected chi connectivity index (χ1v) is 20.7. The average molecular weight is 746 g/mol. The molecule has 278 valence electrons. The summed E-state index contributed by atoms with van der Waals surface area (Å²) < 4.78 is 1.39. The van der Waals surface area contributed by atoms with Crippen LogP contribution in [0.1, 0.15) is 53.8 Å². The fraction of sp³-hybridized carbons (Fsp3) is 0.148. The Hall–Kier alpha value is -5.96. The van der Waals surface area contributed by atoms with Crippen molar-refractivity contribution in [2.45, 2.75) is 53.9 Å². The van der Waals surface area contributed by atoms with Gasteiger partial charge in [0.25, 0.3) is 0 Å². The van der Waals surface area contributed by atoms with Gasteiger partial charge < -0.3 is 4.90 Å². The van der Waals surface area contributed by atoms with Gasteiger partial charge in [0.2, 0.25) is 0 Å². The molecule has 1 nitrogen and oxygen atoms in total. The summed E-state index contributed by atoms with van der Waals surface area (Å²) in [4.78, 5) is 3.85. The SMILES string of the molecule is CCC.Cc1cc2c3c(sc2cc1-c1ccc(N(c2ccccc2)c2ccc(-c4ccccc4)cc2)cc1)CCC=C3.Cc1ccccc1-c1ccccc1C. The lowest BCUT2D eigenvalue weighted by Crippen LogP contribution is -2.09. The summed E-state index contributed by atoms with van der Waals surface area (Å²) in [5.41, 5.74) is 16.6. The normalized spacial score (nSPS) is 11.5. The molecular weight excluding hydrogens is 695 g/mol. The lowest BCUT2D eigenvalue weighted by atomic mass is 9.96. The number of para-hydroxylation sites is 1. The van der Waals surface area contributed by atoms with Crippen LogP contribution in [0, 0.1) is 20.8 Å². The number of thiophene rings is 1. The van der Waals surface area contributed by atoms with Gasteiger partial charge in [-0.3, -0.25) is 0 Å². The van der Waals surface area contributed by atoms with Crippen molar-refractivity contribution in [1.82, 2.24) is 0 Å². The molecule has 0 amide bonds. The maximum absolute atomic E-state index is 2.40. The second kappa shape index (κ2) is 18.1. The van der Waals surface area contributed by atoms with Gasteiger partial charge in [-0.15, -0.1) is 11.3 Å². The number of rotatable bonds is 6. The Bertz CT molecular complexity index is 2480.